The van der Waals surface area contributed by atoms with Crippen LogP contribution in [0.5, 0.6) is 0 Å². The number of benzene rings is 1. The van der Waals surface area contributed by atoms with Gasteiger partial charge in [-0.2, -0.15) is 10.2 Å². The Labute approximate surface area is 124 Å². The Balaban J connectivity index is 2.05. The minimum atomic E-state index is -0.220. The third-order valence-corrected chi connectivity index (χ3v) is 3.48. The first kappa shape index (κ1) is 13.7. The highest BCUT2D eigenvalue weighted by molar-refractivity contribution is 14.1. The second-order valence-corrected chi connectivity index (χ2v) is 5.18. The molecule has 2 rings (SSSR count). The van der Waals surface area contributed by atoms with E-state index in [1.165, 1.54) is 0 Å². The molecule has 0 fully saturated rings. The number of aromatic nitrogens is 2. The summed E-state index contributed by atoms with van der Waals surface area (Å²) < 4.78 is 2.60. The van der Waals surface area contributed by atoms with Crippen LogP contribution in [0, 0.1) is 10.5 Å². The standard InChI is InChI=1S/C13H13IN4O/c1-9-10(8-18(2)17-9)7-15-16-13(19)11-5-3-4-6-12(11)14/h3-8H,1-2H3,(H,16,19)/b15-7+. The Morgan fingerprint density at radius 3 is 2.84 bits per heavy atom. The average molecular weight is 368 g/mol. The molecule has 0 atom stereocenters. The van der Waals surface area contributed by atoms with E-state index in [2.05, 4.69) is 38.2 Å². The monoisotopic (exact) mass is 368 g/mol. The van der Waals surface area contributed by atoms with Crippen molar-refractivity contribution in [3.63, 3.8) is 0 Å². The van der Waals surface area contributed by atoms with Gasteiger partial charge in [0.2, 0.25) is 0 Å². The van der Waals surface area contributed by atoms with E-state index < -0.39 is 0 Å². The van der Waals surface area contributed by atoms with Crippen molar-refractivity contribution in [2.75, 3.05) is 0 Å². The van der Waals surface area contributed by atoms with Gasteiger partial charge in [-0.3, -0.25) is 9.48 Å². The summed E-state index contributed by atoms with van der Waals surface area (Å²) in [5, 5.41) is 8.14. The van der Waals surface area contributed by atoms with Crippen molar-refractivity contribution in [1.82, 2.24) is 15.2 Å². The summed E-state index contributed by atoms with van der Waals surface area (Å²) in [4.78, 5) is 11.9. The number of nitrogens with zero attached hydrogens (tertiary/aromatic N) is 3. The number of carbonyl (C=O) groups is 1. The van der Waals surface area contributed by atoms with Gasteiger partial charge in [0.05, 0.1) is 17.5 Å². The van der Waals surface area contributed by atoms with E-state index in [1.54, 1.807) is 17.0 Å². The highest BCUT2D eigenvalue weighted by Crippen LogP contribution is 2.10. The van der Waals surface area contributed by atoms with Gasteiger partial charge < -0.3 is 0 Å². The maximum Gasteiger partial charge on any atom is 0.272 e. The Kier molecular flexibility index (Phi) is 4.31. The number of amides is 1. The fourth-order valence-corrected chi connectivity index (χ4v) is 2.24. The lowest BCUT2D eigenvalue weighted by Gasteiger charge is -2.01. The Hall–Kier alpha value is -1.70. The van der Waals surface area contributed by atoms with Gasteiger partial charge in [-0.05, 0) is 41.6 Å². The molecule has 2 aromatic rings. The van der Waals surface area contributed by atoms with Crippen LogP contribution in [0.25, 0.3) is 0 Å². The normalized spacial score (nSPS) is 10.9. The quantitative estimate of drug-likeness (QED) is 0.513. The third-order valence-electron chi connectivity index (χ3n) is 2.54. The molecule has 19 heavy (non-hydrogen) atoms. The molecule has 0 saturated heterocycles. The average Bonchev–Trinajstić information content (AvgIpc) is 2.68. The summed E-state index contributed by atoms with van der Waals surface area (Å²) in [7, 11) is 1.84. The lowest BCUT2D eigenvalue weighted by molar-refractivity contribution is 0.0954. The van der Waals surface area contributed by atoms with Crippen LogP contribution in [0.4, 0.5) is 0 Å². The third kappa shape index (κ3) is 3.40. The van der Waals surface area contributed by atoms with Crippen molar-refractivity contribution in [2.24, 2.45) is 12.1 Å². The van der Waals surface area contributed by atoms with E-state index in [1.807, 2.05) is 38.4 Å². The Morgan fingerprint density at radius 2 is 2.21 bits per heavy atom. The van der Waals surface area contributed by atoms with Crippen molar-refractivity contribution >= 4 is 34.7 Å². The minimum absolute atomic E-state index is 0.220. The fraction of sp³-hybridized carbons (Fsp3) is 0.154. The number of hydrogen-bond donors (Lipinski definition) is 1. The number of halogens is 1. The molecule has 1 amide bonds. The SMILES string of the molecule is Cc1nn(C)cc1/C=N/NC(=O)c1ccccc1I. The maximum absolute atomic E-state index is 11.9. The van der Waals surface area contributed by atoms with Crippen LogP contribution >= 0.6 is 22.6 Å². The van der Waals surface area contributed by atoms with Gasteiger partial charge in [-0.15, -0.1) is 0 Å². The van der Waals surface area contributed by atoms with Crippen LogP contribution in [0.1, 0.15) is 21.6 Å². The summed E-state index contributed by atoms with van der Waals surface area (Å²) in [6.07, 6.45) is 3.44. The summed E-state index contributed by atoms with van der Waals surface area (Å²) in [6, 6.07) is 7.36. The molecule has 6 heteroatoms. The first-order valence-electron chi connectivity index (χ1n) is 5.66. The van der Waals surface area contributed by atoms with E-state index >= 15 is 0 Å². The molecule has 0 aliphatic carbocycles. The van der Waals surface area contributed by atoms with E-state index in [4.69, 9.17) is 0 Å². The smallest absolute Gasteiger partial charge is 0.272 e. The van der Waals surface area contributed by atoms with Crippen LogP contribution < -0.4 is 5.43 Å². The van der Waals surface area contributed by atoms with E-state index in [9.17, 15) is 4.79 Å². The topological polar surface area (TPSA) is 59.3 Å². The van der Waals surface area contributed by atoms with E-state index in [0.29, 0.717) is 5.56 Å². The maximum atomic E-state index is 11.9. The number of aryl methyl sites for hydroxylation is 2. The summed E-state index contributed by atoms with van der Waals surface area (Å²) >= 11 is 2.12. The molecule has 0 saturated carbocycles. The molecule has 0 spiro atoms. The van der Waals surface area contributed by atoms with Crippen LogP contribution in [-0.2, 0) is 7.05 Å². The largest absolute Gasteiger partial charge is 0.275 e. The molecular formula is C13H13IN4O. The summed E-state index contributed by atoms with van der Waals surface area (Å²) in [5.41, 5.74) is 4.88. The van der Waals surface area contributed by atoms with Crippen LogP contribution in [-0.4, -0.2) is 21.9 Å². The van der Waals surface area contributed by atoms with Gasteiger partial charge in [0.15, 0.2) is 0 Å². The molecule has 0 radical (unpaired) electrons. The van der Waals surface area contributed by atoms with Crippen LogP contribution in [0.15, 0.2) is 35.6 Å². The molecule has 98 valence electrons. The second kappa shape index (κ2) is 5.96. The lowest BCUT2D eigenvalue weighted by atomic mass is 10.2. The van der Waals surface area contributed by atoms with Gasteiger partial charge >= 0.3 is 0 Å². The second-order valence-electron chi connectivity index (χ2n) is 4.02. The minimum Gasteiger partial charge on any atom is -0.275 e. The van der Waals surface area contributed by atoms with Crippen molar-refractivity contribution < 1.29 is 4.79 Å². The molecule has 0 bridgehead atoms. The number of hydrazone groups is 1. The van der Waals surface area contributed by atoms with Gasteiger partial charge in [0.25, 0.3) is 5.91 Å². The number of carbonyl (C=O) groups excluding carboxylic acids is 1. The molecular weight excluding hydrogens is 355 g/mol. The van der Waals surface area contributed by atoms with Crippen LogP contribution in [0.3, 0.4) is 0 Å². The molecule has 5 nitrogen and oxygen atoms in total. The van der Waals surface area contributed by atoms with Gasteiger partial charge in [-0.25, -0.2) is 5.43 Å². The molecule has 0 unspecified atom stereocenters. The van der Waals surface area contributed by atoms with Gasteiger partial charge in [0, 0.05) is 22.4 Å². The molecule has 1 N–H and O–H groups in total. The van der Waals surface area contributed by atoms with Crippen molar-refractivity contribution in [3.05, 3.63) is 50.9 Å². The number of hydrogen-bond acceptors (Lipinski definition) is 3. The summed E-state index contributed by atoms with van der Waals surface area (Å²) in [6.45, 7) is 1.89. The number of rotatable bonds is 3. The lowest BCUT2D eigenvalue weighted by Crippen LogP contribution is -2.18. The Bertz CT molecular complexity index is 633. The van der Waals surface area contributed by atoms with Crippen LogP contribution in [0.2, 0.25) is 0 Å². The zero-order valence-electron chi connectivity index (χ0n) is 10.6. The predicted octanol–water partition coefficient (Wildman–Crippen LogP) is 2.10. The molecule has 0 aliphatic heterocycles. The number of nitrogens with one attached hydrogen (secondary N) is 1. The zero-order valence-corrected chi connectivity index (χ0v) is 12.7. The first-order chi connectivity index (χ1) is 9.08. The van der Waals surface area contributed by atoms with Gasteiger partial charge in [0.1, 0.15) is 0 Å². The van der Waals surface area contributed by atoms with Crippen molar-refractivity contribution in [1.29, 1.82) is 0 Å². The van der Waals surface area contributed by atoms with Crippen molar-refractivity contribution in [3.8, 4) is 0 Å². The van der Waals surface area contributed by atoms with Crippen molar-refractivity contribution in [2.45, 2.75) is 6.92 Å². The van der Waals surface area contributed by atoms with E-state index in [0.717, 1.165) is 14.8 Å². The molecule has 1 aromatic heterocycles. The predicted molar refractivity (Wildman–Crippen MR) is 82.2 cm³/mol. The first-order valence-corrected chi connectivity index (χ1v) is 6.74. The highest BCUT2D eigenvalue weighted by atomic mass is 127. The molecule has 1 aromatic carbocycles. The zero-order chi connectivity index (χ0) is 13.8. The highest BCUT2D eigenvalue weighted by Gasteiger charge is 2.07. The van der Waals surface area contributed by atoms with E-state index in [-0.39, 0.29) is 5.91 Å². The van der Waals surface area contributed by atoms with Gasteiger partial charge in [-0.1, -0.05) is 12.1 Å². The summed E-state index contributed by atoms with van der Waals surface area (Å²) in [5.74, 6) is -0.220. The molecule has 1 heterocycles. The molecule has 0 aliphatic rings. The Morgan fingerprint density at radius 1 is 1.47 bits per heavy atom. The fourth-order valence-electron chi connectivity index (χ4n) is 1.61.